The Kier molecular flexibility index (Phi) is 5.82. The van der Waals surface area contributed by atoms with Crippen LogP contribution >= 0.6 is 0 Å². The van der Waals surface area contributed by atoms with Gasteiger partial charge in [-0.2, -0.15) is 0 Å². The van der Waals surface area contributed by atoms with Crippen LogP contribution in [0.25, 0.3) is 0 Å². The highest BCUT2D eigenvalue weighted by molar-refractivity contribution is 5.79. The third kappa shape index (κ3) is 3.94. The Morgan fingerprint density at radius 2 is 2.08 bits per heavy atom. The zero-order chi connectivity index (χ0) is 16.8. The molecule has 0 radical (unpaired) electrons. The average Bonchev–Trinajstić information content (AvgIpc) is 3.26. The van der Waals surface area contributed by atoms with Crippen molar-refractivity contribution in [3.8, 4) is 0 Å². The predicted octanol–water partition coefficient (Wildman–Crippen LogP) is 3.16. The number of rotatable bonds is 7. The van der Waals surface area contributed by atoms with Gasteiger partial charge in [0.2, 0.25) is 0 Å². The van der Waals surface area contributed by atoms with E-state index in [-0.39, 0.29) is 6.04 Å². The van der Waals surface area contributed by atoms with Crippen LogP contribution in [0, 0.1) is 5.41 Å². The third-order valence-corrected chi connectivity index (χ3v) is 5.93. The van der Waals surface area contributed by atoms with Crippen LogP contribution in [-0.2, 0) is 0 Å². The first-order valence-electron chi connectivity index (χ1n) is 9.48. The second-order valence-electron chi connectivity index (χ2n) is 7.29. The van der Waals surface area contributed by atoms with Gasteiger partial charge in [-0.1, -0.05) is 13.3 Å². The van der Waals surface area contributed by atoms with E-state index in [2.05, 4.69) is 33.5 Å². The fourth-order valence-electron chi connectivity index (χ4n) is 3.96. The normalized spacial score (nSPS) is 22.2. The molecule has 3 rings (SSSR count). The van der Waals surface area contributed by atoms with E-state index in [1.807, 2.05) is 13.1 Å². The summed E-state index contributed by atoms with van der Waals surface area (Å²) in [4.78, 5) is 6.92. The van der Waals surface area contributed by atoms with Crippen molar-refractivity contribution in [1.29, 1.82) is 0 Å². The molecule has 2 N–H and O–H groups in total. The van der Waals surface area contributed by atoms with E-state index in [4.69, 9.17) is 4.42 Å². The number of nitrogens with one attached hydrogen (secondary N) is 2. The molecule has 1 unspecified atom stereocenters. The molecule has 1 atom stereocenters. The first kappa shape index (κ1) is 17.3. The minimum atomic E-state index is 0.282. The fraction of sp³-hybridized carbons (Fsp3) is 0.737. The number of guanidine groups is 1. The zero-order valence-corrected chi connectivity index (χ0v) is 15.2. The van der Waals surface area contributed by atoms with Gasteiger partial charge >= 0.3 is 0 Å². The molecule has 2 aliphatic rings. The Balaban J connectivity index is 1.54. The first-order valence-corrected chi connectivity index (χ1v) is 9.48. The topological polar surface area (TPSA) is 52.8 Å². The Bertz CT molecular complexity index is 510. The van der Waals surface area contributed by atoms with Crippen LogP contribution in [-0.4, -0.2) is 44.1 Å². The number of furan rings is 1. The van der Waals surface area contributed by atoms with Crippen LogP contribution in [0.1, 0.15) is 57.3 Å². The average molecular weight is 332 g/mol. The van der Waals surface area contributed by atoms with Crippen LogP contribution in [0.2, 0.25) is 0 Å². The lowest BCUT2D eigenvalue weighted by atomic mass is 9.67. The molecular weight excluding hydrogens is 300 g/mol. The lowest BCUT2D eigenvalue weighted by Crippen LogP contribution is -2.48. The Labute approximate surface area is 145 Å². The van der Waals surface area contributed by atoms with Gasteiger partial charge in [0.15, 0.2) is 5.96 Å². The van der Waals surface area contributed by atoms with Gasteiger partial charge in [0, 0.05) is 20.1 Å². The molecular formula is C19H32N4O. The Hall–Kier alpha value is -1.49. The molecule has 2 heterocycles. The maximum absolute atomic E-state index is 5.69. The lowest BCUT2D eigenvalue weighted by molar-refractivity contribution is 0.131. The van der Waals surface area contributed by atoms with Crippen LogP contribution in [0.15, 0.2) is 27.8 Å². The van der Waals surface area contributed by atoms with Crippen molar-refractivity contribution in [3.63, 3.8) is 0 Å². The lowest BCUT2D eigenvalue weighted by Gasteiger charge is -2.41. The molecule has 1 aliphatic heterocycles. The summed E-state index contributed by atoms with van der Waals surface area (Å²) in [5.41, 5.74) is 0.493. The largest absolute Gasteiger partial charge is 0.468 e. The summed E-state index contributed by atoms with van der Waals surface area (Å²) in [6.45, 7) is 6.46. The number of aliphatic imine (C=N–C) groups is 1. The highest BCUT2D eigenvalue weighted by atomic mass is 16.3. The van der Waals surface area contributed by atoms with Gasteiger partial charge in [-0.25, -0.2) is 0 Å². The molecule has 1 aromatic heterocycles. The molecule has 0 aromatic carbocycles. The van der Waals surface area contributed by atoms with E-state index in [1.54, 1.807) is 6.26 Å². The van der Waals surface area contributed by atoms with E-state index < -0.39 is 0 Å². The van der Waals surface area contributed by atoms with Gasteiger partial charge in [0.1, 0.15) is 5.76 Å². The smallest absolute Gasteiger partial charge is 0.191 e. The molecule has 0 amide bonds. The van der Waals surface area contributed by atoms with Crippen LogP contribution in [0.3, 0.4) is 0 Å². The molecule has 1 saturated carbocycles. The summed E-state index contributed by atoms with van der Waals surface area (Å²) in [5, 5.41) is 7.06. The Morgan fingerprint density at radius 3 is 2.62 bits per heavy atom. The van der Waals surface area contributed by atoms with Gasteiger partial charge in [-0.15, -0.1) is 0 Å². The van der Waals surface area contributed by atoms with Crippen molar-refractivity contribution in [3.05, 3.63) is 24.2 Å². The summed E-state index contributed by atoms with van der Waals surface area (Å²) >= 11 is 0. The van der Waals surface area contributed by atoms with E-state index in [0.29, 0.717) is 5.41 Å². The number of hydrogen-bond donors (Lipinski definition) is 2. The van der Waals surface area contributed by atoms with Crippen molar-refractivity contribution in [2.24, 2.45) is 10.4 Å². The van der Waals surface area contributed by atoms with E-state index in [9.17, 15) is 0 Å². The van der Waals surface area contributed by atoms with Crippen molar-refractivity contribution in [2.45, 2.75) is 51.5 Å². The van der Waals surface area contributed by atoms with Crippen LogP contribution < -0.4 is 10.6 Å². The highest BCUT2D eigenvalue weighted by Gasteiger charge is 2.35. The summed E-state index contributed by atoms with van der Waals surface area (Å²) in [6, 6.07) is 4.35. The maximum Gasteiger partial charge on any atom is 0.191 e. The summed E-state index contributed by atoms with van der Waals surface area (Å²) in [6.07, 6.45) is 9.64. The molecule has 1 saturated heterocycles. The van der Waals surface area contributed by atoms with Crippen molar-refractivity contribution >= 4 is 5.96 Å². The first-order chi connectivity index (χ1) is 11.8. The summed E-state index contributed by atoms with van der Waals surface area (Å²) in [7, 11) is 1.85. The zero-order valence-electron chi connectivity index (χ0n) is 15.2. The number of likely N-dealkylation sites (tertiary alicyclic amines) is 1. The second-order valence-corrected chi connectivity index (χ2v) is 7.29. The maximum atomic E-state index is 5.69. The van der Waals surface area contributed by atoms with Crippen LogP contribution in [0.4, 0.5) is 0 Å². The number of nitrogens with zero attached hydrogens (tertiary/aromatic N) is 2. The fourth-order valence-corrected chi connectivity index (χ4v) is 3.96. The van der Waals surface area contributed by atoms with E-state index in [0.717, 1.165) is 37.9 Å². The van der Waals surface area contributed by atoms with Gasteiger partial charge in [0.05, 0.1) is 12.3 Å². The molecule has 1 aromatic rings. The van der Waals surface area contributed by atoms with Gasteiger partial charge in [-0.05, 0) is 62.7 Å². The molecule has 5 heteroatoms. The van der Waals surface area contributed by atoms with E-state index in [1.165, 1.54) is 38.5 Å². The molecule has 5 nitrogen and oxygen atoms in total. The molecule has 134 valence electrons. The Morgan fingerprint density at radius 1 is 1.29 bits per heavy atom. The monoisotopic (exact) mass is 332 g/mol. The molecule has 0 spiro atoms. The van der Waals surface area contributed by atoms with Gasteiger partial charge < -0.3 is 15.1 Å². The summed E-state index contributed by atoms with van der Waals surface area (Å²) in [5.74, 6) is 1.95. The number of hydrogen-bond acceptors (Lipinski definition) is 3. The minimum Gasteiger partial charge on any atom is -0.468 e. The van der Waals surface area contributed by atoms with Gasteiger partial charge in [-0.3, -0.25) is 9.89 Å². The van der Waals surface area contributed by atoms with Crippen molar-refractivity contribution in [1.82, 2.24) is 15.5 Å². The highest BCUT2D eigenvalue weighted by Crippen LogP contribution is 2.43. The third-order valence-electron chi connectivity index (χ3n) is 5.93. The quantitative estimate of drug-likeness (QED) is 0.595. The predicted molar refractivity (Wildman–Crippen MR) is 98.2 cm³/mol. The summed E-state index contributed by atoms with van der Waals surface area (Å²) < 4.78 is 5.69. The molecule has 1 aliphatic carbocycles. The SMILES string of the molecule is CCC1(CNC(=NC)NCC(c2ccco2)N2CCCC2)CCC1. The standard InChI is InChI=1S/C19H32N4O/c1-3-19(9-7-10-19)15-22-18(20-2)21-14-16(17-8-6-13-24-17)23-11-4-5-12-23/h6,8,13,16H,3-5,7,9-12,14-15H2,1-2H3,(H2,20,21,22). The minimum absolute atomic E-state index is 0.282. The van der Waals surface area contributed by atoms with E-state index >= 15 is 0 Å². The second kappa shape index (κ2) is 8.06. The molecule has 2 fully saturated rings. The van der Waals surface area contributed by atoms with Crippen LogP contribution in [0.5, 0.6) is 0 Å². The molecule has 0 bridgehead atoms. The van der Waals surface area contributed by atoms with Gasteiger partial charge in [0.25, 0.3) is 0 Å². The molecule has 24 heavy (non-hydrogen) atoms. The van der Waals surface area contributed by atoms with Crippen molar-refractivity contribution < 1.29 is 4.42 Å². The van der Waals surface area contributed by atoms with Crippen molar-refractivity contribution in [2.75, 3.05) is 33.2 Å².